The van der Waals surface area contributed by atoms with Crippen LogP contribution in [0.3, 0.4) is 0 Å². The standard InChI is InChI=1S/C19H17I2NO4/c1-12(23)22-17(19(24)25)11-14-9-15(20)18(16(21)10-14)26-8-7-13-5-3-2-4-6-13/h2-6,9-11H,7-8H2,1H3,(H,22,23)(H,24,25). The summed E-state index contributed by atoms with van der Waals surface area (Å²) in [6.45, 7) is 1.82. The number of amides is 1. The molecule has 0 saturated heterocycles. The van der Waals surface area contributed by atoms with Gasteiger partial charge in [-0.3, -0.25) is 4.79 Å². The van der Waals surface area contributed by atoms with E-state index in [-0.39, 0.29) is 5.70 Å². The van der Waals surface area contributed by atoms with Gasteiger partial charge in [0.25, 0.3) is 0 Å². The molecule has 0 aliphatic rings. The summed E-state index contributed by atoms with van der Waals surface area (Å²) in [5.74, 6) is -0.840. The summed E-state index contributed by atoms with van der Waals surface area (Å²) in [5, 5.41) is 11.5. The molecule has 0 saturated carbocycles. The van der Waals surface area contributed by atoms with Crippen LogP contribution in [0.25, 0.3) is 6.08 Å². The van der Waals surface area contributed by atoms with E-state index < -0.39 is 11.9 Å². The quantitative estimate of drug-likeness (QED) is 0.385. The zero-order valence-corrected chi connectivity index (χ0v) is 18.3. The first-order valence-electron chi connectivity index (χ1n) is 7.75. The summed E-state index contributed by atoms with van der Waals surface area (Å²) in [5.41, 5.74) is 1.72. The van der Waals surface area contributed by atoms with Gasteiger partial charge in [0.15, 0.2) is 0 Å². The molecule has 0 radical (unpaired) electrons. The second-order valence-electron chi connectivity index (χ2n) is 5.44. The molecule has 2 aromatic carbocycles. The zero-order valence-electron chi connectivity index (χ0n) is 14.0. The molecule has 136 valence electrons. The number of aliphatic carboxylic acids is 1. The molecule has 2 aromatic rings. The SMILES string of the molecule is CC(=O)NC(=Cc1cc(I)c(OCCc2ccccc2)c(I)c1)C(=O)O. The third kappa shape index (κ3) is 6.27. The lowest BCUT2D eigenvalue weighted by Gasteiger charge is -2.12. The van der Waals surface area contributed by atoms with Crippen molar-refractivity contribution in [3.05, 3.63) is 66.4 Å². The van der Waals surface area contributed by atoms with Gasteiger partial charge in [0.05, 0.1) is 13.7 Å². The molecule has 0 bridgehead atoms. The van der Waals surface area contributed by atoms with E-state index in [0.29, 0.717) is 12.2 Å². The number of carboxylic acids is 1. The maximum atomic E-state index is 11.2. The van der Waals surface area contributed by atoms with Gasteiger partial charge in [0.1, 0.15) is 11.4 Å². The predicted octanol–water partition coefficient (Wildman–Crippen LogP) is 4.08. The molecule has 0 spiro atoms. The number of benzene rings is 2. The normalized spacial score (nSPS) is 11.1. The van der Waals surface area contributed by atoms with Crippen LogP contribution in [0, 0.1) is 7.14 Å². The first-order chi connectivity index (χ1) is 12.4. The Kier molecular flexibility index (Phi) is 7.88. The molecule has 0 fully saturated rings. The van der Waals surface area contributed by atoms with E-state index in [4.69, 9.17) is 4.74 Å². The second-order valence-corrected chi connectivity index (χ2v) is 7.77. The Morgan fingerprint density at radius 3 is 2.31 bits per heavy atom. The third-order valence-electron chi connectivity index (χ3n) is 3.35. The molecular formula is C19H17I2NO4. The van der Waals surface area contributed by atoms with Gasteiger partial charge in [-0.2, -0.15) is 0 Å². The van der Waals surface area contributed by atoms with Gasteiger partial charge in [0.2, 0.25) is 5.91 Å². The van der Waals surface area contributed by atoms with Crippen molar-refractivity contribution in [3.63, 3.8) is 0 Å². The minimum Gasteiger partial charge on any atom is -0.491 e. The Labute approximate surface area is 179 Å². The first kappa shape index (κ1) is 20.7. The van der Waals surface area contributed by atoms with Crippen LogP contribution in [0.1, 0.15) is 18.1 Å². The Hall–Kier alpha value is -1.62. The number of carboxylic acid groups (broad SMARTS) is 1. The second kappa shape index (κ2) is 9.91. The summed E-state index contributed by atoms with van der Waals surface area (Å²) in [7, 11) is 0. The van der Waals surface area contributed by atoms with E-state index >= 15 is 0 Å². The number of carbonyl (C=O) groups is 2. The Balaban J connectivity index is 2.14. The molecule has 7 heteroatoms. The smallest absolute Gasteiger partial charge is 0.352 e. The van der Waals surface area contributed by atoms with Crippen molar-refractivity contribution in [2.45, 2.75) is 13.3 Å². The van der Waals surface area contributed by atoms with Gasteiger partial charge in [0, 0.05) is 13.3 Å². The van der Waals surface area contributed by atoms with E-state index in [1.165, 1.54) is 18.6 Å². The Morgan fingerprint density at radius 1 is 1.15 bits per heavy atom. The summed E-state index contributed by atoms with van der Waals surface area (Å²) in [6.07, 6.45) is 2.24. The van der Waals surface area contributed by atoms with Crippen LogP contribution in [0.4, 0.5) is 0 Å². The maximum Gasteiger partial charge on any atom is 0.352 e. The van der Waals surface area contributed by atoms with Crippen molar-refractivity contribution in [1.29, 1.82) is 0 Å². The van der Waals surface area contributed by atoms with E-state index in [2.05, 4.69) is 62.6 Å². The van der Waals surface area contributed by atoms with Crippen LogP contribution >= 0.6 is 45.2 Å². The number of carbonyl (C=O) groups excluding carboxylic acids is 1. The van der Waals surface area contributed by atoms with Crippen LogP contribution in [0.2, 0.25) is 0 Å². The monoisotopic (exact) mass is 577 g/mol. The zero-order chi connectivity index (χ0) is 19.1. The molecular weight excluding hydrogens is 560 g/mol. The lowest BCUT2D eigenvalue weighted by atomic mass is 10.1. The Morgan fingerprint density at radius 2 is 1.77 bits per heavy atom. The van der Waals surface area contributed by atoms with Gasteiger partial charge < -0.3 is 15.2 Å². The fourth-order valence-electron chi connectivity index (χ4n) is 2.22. The molecule has 2 rings (SSSR count). The third-order valence-corrected chi connectivity index (χ3v) is 4.96. The average molecular weight is 577 g/mol. The molecule has 1 amide bonds. The van der Waals surface area contributed by atoms with Crippen molar-refractivity contribution >= 4 is 63.1 Å². The molecule has 0 atom stereocenters. The fraction of sp³-hybridized carbons (Fsp3) is 0.158. The first-order valence-corrected chi connectivity index (χ1v) is 9.91. The fourth-order valence-corrected chi connectivity index (χ4v) is 4.35. The molecule has 0 aliphatic heterocycles. The van der Waals surface area contributed by atoms with Gasteiger partial charge in [-0.25, -0.2) is 4.79 Å². The highest BCUT2D eigenvalue weighted by Gasteiger charge is 2.12. The highest BCUT2D eigenvalue weighted by atomic mass is 127. The van der Waals surface area contributed by atoms with Crippen LogP contribution in [0.15, 0.2) is 48.2 Å². The summed E-state index contributed by atoms with van der Waals surface area (Å²) >= 11 is 4.32. The maximum absolute atomic E-state index is 11.2. The molecule has 0 aromatic heterocycles. The lowest BCUT2D eigenvalue weighted by Crippen LogP contribution is -2.24. The van der Waals surface area contributed by atoms with Crippen molar-refractivity contribution in [2.24, 2.45) is 0 Å². The highest BCUT2D eigenvalue weighted by Crippen LogP contribution is 2.30. The Bertz CT molecular complexity index is 812. The number of halogens is 2. The number of hydrogen-bond acceptors (Lipinski definition) is 3. The number of ether oxygens (including phenoxy) is 1. The number of nitrogens with one attached hydrogen (secondary N) is 1. The predicted molar refractivity (Wildman–Crippen MR) is 117 cm³/mol. The van der Waals surface area contributed by atoms with Crippen molar-refractivity contribution in [1.82, 2.24) is 5.32 Å². The van der Waals surface area contributed by atoms with Crippen LogP contribution in [0.5, 0.6) is 5.75 Å². The van der Waals surface area contributed by atoms with E-state index in [1.54, 1.807) is 0 Å². The molecule has 5 nitrogen and oxygen atoms in total. The molecule has 0 heterocycles. The number of hydrogen-bond donors (Lipinski definition) is 2. The van der Waals surface area contributed by atoms with E-state index in [1.807, 2.05) is 30.3 Å². The van der Waals surface area contributed by atoms with Crippen molar-refractivity contribution < 1.29 is 19.4 Å². The number of rotatable bonds is 7. The molecule has 0 aliphatic carbocycles. The summed E-state index contributed by atoms with van der Waals surface area (Å²) in [4.78, 5) is 22.4. The lowest BCUT2D eigenvalue weighted by molar-refractivity contribution is -0.134. The highest BCUT2D eigenvalue weighted by molar-refractivity contribution is 14.1. The summed E-state index contributed by atoms with van der Waals surface area (Å²) in [6, 6.07) is 13.7. The minimum absolute atomic E-state index is 0.165. The van der Waals surface area contributed by atoms with Crippen molar-refractivity contribution in [2.75, 3.05) is 6.61 Å². The minimum atomic E-state index is -1.19. The molecule has 0 unspecified atom stereocenters. The van der Waals surface area contributed by atoms with E-state index in [9.17, 15) is 14.7 Å². The topological polar surface area (TPSA) is 75.6 Å². The van der Waals surface area contributed by atoms with Crippen LogP contribution < -0.4 is 10.1 Å². The van der Waals surface area contributed by atoms with Gasteiger partial charge >= 0.3 is 5.97 Å². The van der Waals surface area contributed by atoms with Crippen LogP contribution in [-0.2, 0) is 16.0 Å². The molecule has 26 heavy (non-hydrogen) atoms. The average Bonchev–Trinajstić information content (AvgIpc) is 2.57. The van der Waals surface area contributed by atoms with Crippen molar-refractivity contribution in [3.8, 4) is 5.75 Å². The van der Waals surface area contributed by atoms with E-state index in [0.717, 1.165) is 19.3 Å². The largest absolute Gasteiger partial charge is 0.491 e. The van der Waals surface area contributed by atoms with Gasteiger partial charge in [-0.1, -0.05) is 30.3 Å². The van der Waals surface area contributed by atoms with Crippen LogP contribution in [-0.4, -0.2) is 23.6 Å². The van der Waals surface area contributed by atoms with Gasteiger partial charge in [-0.05, 0) is 74.5 Å². The molecule has 2 N–H and O–H groups in total. The summed E-state index contributed by atoms with van der Waals surface area (Å²) < 4.78 is 7.67. The van der Waals surface area contributed by atoms with Gasteiger partial charge in [-0.15, -0.1) is 0 Å².